The number of ether oxygens (including phenoxy) is 4. The molecule has 0 amide bonds. The van der Waals surface area contributed by atoms with Crippen LogP contribution in [0.1, 0.15) is 140 Å². The fourth-order valence-electron chi connectivity index (χ4n) is 12.8. The van der Waals surface area contributed by atoms with Crippen LogP contribution in [0, 0.1) is 24.7 Å². The van der Waals surface area contributed by atoms with E-state index in [4.69, 9.17) is 44.1 Å². The summed E-state index contributed by atoms with van der Waals surface area (Å²) < 4.78 is 64.4. The number of aromatic nitrogens is 1. The first-order valence-corrected chi connectivity index (χ1v) is 29.5. The van der Waals surface area contributed by atoms with Crippen LogP contribution in [0.5, 0.6) is 17.2 Å². The molecule has 1 fully saturated rings. The van der Waals surface area contributed by atoms with Gasteiger partial charge in [-0.05, 0) is 158 Å². The maximum Gasteiger partial charge on any atom is 0.331 e. The summed E-state index contributed by atoms with van der Waals surface area (Å²) in [5.74, 6) is 2.33. The number of nitrogens with one attached hydrogen (secondary N) is 1. The van der Waals surface area contributed by atoms with E-state index in [9.17, 15) is 13.2 Å². The minimum absolute atomic E-state index is 0.0396. The summed E-state index contributed by atoms with van der Waals surface area (Å²) in [5, 5.41) is 4.17. The Hall–Kier alpha value is -4.14. The molecule has 14 heteroatoms. The Bertz CT molecular complexity index is 2580. The molecule has 4 aliphatic rings. The molecule has 0 bridgehead atoms. The van der Waals surface area contributed by atoms with Crippen molar-refractivity contribution < 1.29 is 40.8 Å². The van der Waals surface area contributed by atoms with Crippen molar-refractivity contribution in [3.05, 3.63) is 106 Å². The fourth-order valence-corrected chi connectivity index (χ4v) is 19.5. The average Bonchev–Trinajstić information content (AvgIpc) is 3.44. The molecular formula is C56H75ClN2O9SSi. The summed E-state index contributed by atoms with van der Waals surface area (Å²) in [6.45, 7) is 21.5. The topological polar surface area (TPSA) is 132 Å². The van der Waals surface area contributed by atoms with Crippen molar-refractivity contribution in [2.45, 2.75) is 158 Å². The van der Waals surface area contributed by atoms with E-state index < -0.39 is 24.0 Å². The SMILES string of the molecule is COC(=O)C1(Nc2cccc(Cl)c2)CCC2(CC1)c1cc3c(cc1C[C@@H]2C[C@@H](C)COc1ccnc2c1[C@@H](C)CC[C@H]2O[Si](C(C)C)(C(C)C)C(C)C)OCC(COS(=O)(=O)c1ccc(C)cc1)CO3. The Morgan fingerprint density at radius 1 is 0.900 bits per heavy atom. The molecule has 1 spiro atoms. The molecule has 2 heterocycles. The van der Waals surface area contributed by atoms with Crippen molar-refractivity contribution in [3.63, 3.8) is 0 Å². The van der Waals surface area contributed by atoms with Gasteiger partial charge in [-0.1, -0.05) is 90.8 Å². The number of methoxy groups -OCH3 is 1. The van der Waals surface area contributed by atoms with E-state index in [0.717, 1.165) is 61.2 Å². The molecule has 8 rings (SSSR count). The van der Waals surface area contributed by atoms with Crippen molar-refractivity contribution in [1.82, 2.24) is 4.98 Å². The number of benzene rings is 3. The third kappa shape index (κ3) is 10.4. The zero-order valence-electron chi connectivity index (χ0n) is 42.9. The van der Waals surface area contributed by atoms with E-state index >= 15 is 0 Å². The highest BCUT2D eigenvalue weighted by Gasteiger charge is 2.55. The van der Waals surface area contributed by atoms with Gasteiger partial charge in [-0.15, -0.1) is 0 Å². The maximum atomic E-state index is 13.8. The number of fused-ring (bicyclic) bond motifs is 4. The van der Waals surface area contributed by atoms with Crippen LogP contribution >= 0.6 is 11.6 Å². The lowest BCUT2D eigenvalue weighted by molar-refractivity contribution is -0.148. The lowest BCUT2D eigenvalue weighted by atomic mass is 9.59. The molecule has 380 valence electrons. The van der Waals surface area contributed by atoms with Crippen molar-refractivity contribution in [3.8, 4) is 17.2 Å². The first kappa shape index (κ1) is 52.2. The van der Waals surface area contributed by atoms with Crippen molar-refractivity contribution in [2.24, 2.45) is 17.8 Å². The van der Waals surface area contributed by atoms with Crippen LogP contribution in [-0.2, 0) is 40.1 Å². The number of rotatable bonds is 17. The Balaban J connectivity index is 1.03. The molecule has 1 aromatic heterocycles. The fraction of sp³-hybridized carbons (Fsp3) is 0.571. The number of carbonyl (C=O) groups is 1. The van der Waals surface area contributed by atoms with Gasteiger partial charge in [-0.2, -0.15) is 8.42 Å². The number of carbonyl (C=O) groups excluding carboxylic acids is 1. The molecule has 0 saturated heterocycles. The minimum atomic E-state index is -3.95. The summed E-state index contributed by atoms with van der Waals surface area (Å²) in [5.41, 5.74) is 6.62. The summed E-state index contributed by atoms with van der Waals surface area (Å²) in [6, 6.07) is 20.5. The summed E-state index contributed by atoms with van der Waals surface area (Å²) in [7, 11) is -4.66. The number of halogens is 1. The van der Waals surface area contributed by atoms with Gasteiger partial charge in [0.05, 0.1) is 56.1 Å². The second kappa shape index (κ2) is 21.1. The van der Waals surface area contributed by atoms with Gasteiger partial charge >= 0.3 is 5.97 Å². The van der Waals surface area contributed by atoms with E-state index in [1.165, 1.54) is 23.8 Å². The monoisotopic (exact) mass is 1010 g/mol. The highest BCUT2D eigenvalue weighted by Crippen LogP contribution is 2.58. The van der Waals surface area contributed by atoms with Gasteiger partial charge in [-0.3, -0.25) is 9.17 Å². The van der Waals surface area contributed by atoms with Gasteiger partial charge in [0.2, 0.25) is 8.32 Å². The number of nitrogens with zero attached hydrogens (tertiary/aromatic N) is 1. The van der Waals surface area contributed by atoms with E-state index in [2.05, 4.69) is 72.8 Å². The normalized spacial score (nSPS) is 24.8. The number of aryl methyl sites for hydroxylation is 1. The minimum Gasteiger partial charge on any atom is -0.493 e. The standard InChI is InChI=1S/C56H75ClN2O9SSi/c1-35(2)70(36(3)4,37(5)6)68-49-19-16-40(9)52-48(20-25-58-53(49)52)64-31-39(8)26-43-27-42-28-50-51(66-33-41(32-65-50)34-67-69(61,62)46-17-14-38(7)15-18-46)30-47(42)55(43)21-23-56(24-22-55,54(60)63-10)59-45-13-11-12-44(57)29-45/h11-15,17-18,20,25,28-30,35-37,39-41,43,49,59H,16,19,21-24,26-27,31-34H2,1-10H3/t39-,40+,41?,43+,49-,55?,56?/m1/s1. The molecule has 1 N–H and O–H groups in total. The number of esters is 1. The molecular weight excluding hydrogens is 940 g/mol. The highest BCUT2D eigenvalue weighted by molar-refractivity contribution is 7.86. The molecule has 3 aromatic carbocycles. The summed E-state index contributed by atoms with van der Waals surface area (Å²) >= 11 is 6.43. The van der Waals surface area contributed by atoms with Crippen LogP contribution in [0.3, 0.4) is 0 Å². The molecule has 1 unspecified atom stereocenters. The Labute approximate surface area is 423 Å². The predicted octanol–water partition coefficient (Wildman–Crippen LogP) is 13.1. The Morgan fingerprint density at radius 2 is 1.57 bits per heavy atom. The van der Waals surface area contributed by atoms with Gasteiger partial charge in [0.15, 0.2) is 11.5 Å². The molecule has 1 saturated carbocycles. The first-order chi connectivity index (χ1) is 33.3. The van der Waals surface area contributed by atoms with Crippen LogP contribution < -0.4 is 19.5 Å². The van der Waals surface area contributed by atoms with Gasteiger partial charge < -0.3 is 28.7 Å². The van der Waals surface area contributed by atoms with Crippen LogP contribution in [0.25, 0.3) is 0 Å². The summed E-state index contributed by atoms with van der Waals surface area (Å²) in [6.07, 6.45) is 8.16. The number of hydrogen-bond acceptors (Lipinski definition) is 11. The molecule has 3 aliphatic carbocycles. The van der Waals surface area contributed by atoms with E-state index in [1.54, 1.807) is 24.3 Å². The molecule has 70 heavy (non-hydrogen) atoms. The molecule has 11 nitrogen and oxygen atoms in total. The van der Waals surface area contributed by atoms with Crippen molar-refractivity contribution in [1.29, 1.82) is 0 Å². The molecule has 1 aliphatic heterocycles. The number of hydrogen-bond donors (Lipinski definition) is 1. The van der Waals surface area contributed by atoms with Crippen molar-refractivity contribution >= 4 is 41.7 Å². The van der Waals surface area contributed by atoms with Crippen molar-refractivity contribution in [2.75, 3.05) is 38.9 Å². The summed E-state index contributed by atoms with van der Waals surface area (Å²) in [4.78, 5) is 19.0. The van der Waals surface area contributed by atoms with Gasteiger partial charge in [0.25, 0.3) is 10.1 Å². The third-order valence-electron chi connectivity index (χ3n) is 16.4. The van der Waals surface area contributed by atoms with Gasteiger partial charge in [0, 0.05) is 22.5 Å². The Morgan fingerprint density at radius 3 is 2.21 bits per heavy atom. The Kier molecular flexibility index (Phi) is 15.8. The predicted molar refractivity (Wildman–Crippen MR) is 278 cm³/mol. The lowest BCUT2D eigenvalue weighted by Gasteiger charge is -2.47. The van der Waals surface area contributed by atoms with E-state index in [0.29, 0.717) is 58.5 Å². The smallest absolute Gasteiger partial charge is 0.331 e. The van der Waals surface area contributed by atoms with Crippen LogP contribution in [0.15, 0.2) is 77.8 Å². The molecule has 4 aromatic rings. The highest BCUT2D eigenvalue weighted by atomic mass is 35.5. The first-order valence-electron chi connectivity index (χ1n) is 25.6. The van der Waals surface area contributed by atoms with Gasteiger partial charge in [0.1, 0.15) is 11.3 Å². The second-order valence-electron chi connectivity index (χ2n) is 21.9. The third-order valence-corrected chi connectivity index (χ3v) is 24.0. The zero-order valence-corrected chi connectivity index (χ0v) is 45.5. The number of pyridine rings is 1. The average molecular weight is 1020 g/mol. The maximum absolute atomic E-state index is 13.8. The van der Waals surface area contributed by atoms with Gasteiger partial charge in [-0.25, -0.2) is 4.79 Å². The van der Waals surface area contributed by atoms with Crippen LogP contribution in [-0.4, -0.2) is 66.8 Å². The second-order valence-corrected chi connectivity index (χ2v) is 29.4. The van der Waals surface area contributed by atoms with E-state index in [1.807, 2.05) is 43.5 Å². The molecule has 0 radical (unpaired) electrons. The van der Waals surface area contributed by atoms with Crippen LogP contribution in [0.2, 0.25) is 21.6 Å². The molecule has 5 atom stereocenters. The van der Waals surface area contributed by atoms with Crippen LogP contribution in [0.4, 0.5) is 5.69 Å². The van der Waals surface area contributed by atoms with E-state index in [-0.39, 0.29) is 60.0 Å². The largest absolute Gasteiger partial charge is 0.493 e. The quantitative estimate of drug-likeness (QED) is 0.0616. The number of anilines is 1. The lowest BCUT2D eigenvalue weighted by Crippen LogP contribution is -2.53. The zero-order chi connectivity index (χ0) is 50.2.